The van der Waals surface area contributed by atoms with Crippen LogP contribution in [-0.4, -0.2) is 12.6 Å². The zero-order valence-corrected chi connectivity index (χ0v) is 14.0. The molecule has 1 atom stereocenters. The third-order valence-electron chi connectivity index (χ3n) is 4.10. The van der Waals surface area contributed by atoms with E-state index in [-0.39, 0.29) is 0 Å². The first-order chi connectivity index (χ1) is 8.24. The Hall–Kier alpha value is -0.0400. The molecule has 0 heterocycles. The number of nitrogens with one attached hydrogen (secondary N) is 1. The molecule has 0 aliphatic carbocycles. The fraction of sp³-hybridized carbons (Fsp3) is 1.00. The Balaban J connectivity index is 4.53. The molecule has 1 N–H and O–H groups in total. The maximum absolute atomic E-state index is 3.68. The maximum Gasteiger partial charge on any atom is 0.00106 e. The molecule has 0 aromatic carbocycles. The Bertz CT molecular complexity index is 202. The Kier molecular flexibility index (Phi) is 8.18. The van der Waals surface area contributed by atoms with Crippen LogP contribution in [0.1, 0.15) is 87.0 Å². The average molecular weight is 255 g/mol. The van der Waals surface area contributed by atoms with E-state index in [0.29, 0.717) is 16.9 Å². The van der Waals surface area contributed by atoms with Gasteiger partial charge in [-0.25, -0.2) is 0 Å². The van der Waals surface area contributed by atoms with Crippen molar-refractivity contribution in [3.05, 3.63) is 0 Å². The van der Waals surface area contributed by atoms with Crippen molar-refractivity contribution in [3.63, 3.8) is 0 Å². The van der Waals surface area contributed by atoms with E-state index < -0.39 is 0 Å². The van der Waals surface area contributed by atoms with Gasteiger partial charge in [0.15, 0.2) is 0 Å². The van der Waals surface area contributed by atoms with Gasteiger partial charge in [-0.2, -0.15) is 0 Å². The molecule has 0 saturated carbocycles. The fourth-order valence-electron chi connectivity index (χ4n) is 2.39. The third kappa shape index (κ3) is 8.13. The van der Waals surface area contributed by atoms with Gasteiger partial charge in [-0.05, 0) is 36.5 Å². The van der Waals surface area contributed by atoms with Crippen molar-refractivity contribution in [2.45, 2.75) is 93.0 Å². The lowest BCUT2D eigenvalue weighted by molar-refractivity contribution is 0.173. The van der Waals surface area contributed by atoms with Gasteiger partial charge in [-0.1, -0.05) is 61.3 Å². The summed E-state index contributed by atoms with van der Waals surface area (Å²) in [6.45, 7) is 17.5. The van der Waals surface area contributed by atoms with E-state index in [1.807, 2.05) is 0 Å². The number of rotatable bonds is 9. The second-order valence-electron chi connectivity index (χ2n) is 7.55. The molecule has 1 nitrogen and oxygen atoms in total. The average Bonchev–Trinajstić information content (AvgIpc) is 2.27. The van der Waals surface area contributed by atoms with Crippen molar-refractivity contribution in [1.29, 1.82) is 0 Å². The molecule has 0 bridgehead atoms. The lowest BCUT2D eigenvalue weighted by Gasteiger charge is -2.36. The molecule has 18 heavy (non-hydrogen) atoms. The van der Waals surface area contributed by atoms with Gasteiger partial charge in [0.1, 0.15) is 0 Å². The number of hydrogen-bond acceptors (Lipinski definition) is 1. The van der Waals surface area contributed by atoms with Crippen molar-refractivity contribution < 1.29 is 0 Å². The first-order valence-corrected chi connectivity index (χ1v) is 7.98. The van der Waals surface area contributed by atoms with Crippen LogP contribution in [0.4, 0.5) is 0 Å². The minimum Gasteiger partial charge on any atom is -0.314 e. The van der Waals surface area contributed by atoms with Gasteiger partial charge in [0, 0.05) is 12.6 Å². The molecule has 0 spiro atoms. The van der Waals surface area contributed by atoms with Gasteiger partial charge in [0.2, 0.25) is 0 Å². The van der Waals surface area contributed by atoms with Crippen molar-refractivity contribution in [3.8, 4) is 0 Å². The Morgan fingerprint density at radius 1 is 0.944 bits per heavy atom. The van der Waals surface area contributed by atoms with Crippen LogP contribution < -0.4 is 5.32 Å². The summed E-state index contributed by atoms with van der Waals surface area (Å²) in [5.74, 6) is 0. The highest BCUT2D eigenvalue weighted by Crippen LogP contribution is 2.37. The molecule has 0 amide bonds. The zero-order chi connectivity index (χ0) is 14.2. The van der Waals surface area contributed by atoms with Crippen LogP contribution in [0.25, 0.3) is 0 Å². The summed E-state index contributed by atoms with van der Waals surface area (Å²) in [6, 6.07) is 0.604. The highest BCUT2D eigenvalue weighted by atomic mass is 14.9. The Morgan fingerprint density at radius 3 is 1.94 bits per heavy atom. The first-order valence-electron chi connectivity index (χ1n) is 7.98. The minimum atomic E-state index is 0.463. The van der Waals surface area contributed by atoms with Gasteiger partial charge in [-0.15, -0.1) is 0 Å². The third-order valence-corrected chi connectivity index (χ3v) is 4.10. The van der Waals surface area contributed by atoms with E-state index >= 15 is 0 Å². The molecule has 0 fully saturated rings. The van der Waals surface area contributed by atoms with Gasteiger partial charge in [0.05, 0.1) is 0 Å². The molecule has 0 rings (SSSR count). The molecule has 1 unspecified atom stereocenters. The molecule has 0 saturated heterocycles. The summed E-state index contributed by atoms with van der Waals surface area (Å²) in [7, 11) is 0. The number of hydrogen-bond donors (Lipinski definition) is 1. The summed E-state index contributed by atoms with van der Waals surface area (Å²) in [5.41, 5.74) is 0.984. The van der Waals surface area contributed by atoms with Crippen LogP contribution in [0.2, 0.25) is 0 Å². The highest BCUT2D eigenvalue weighted by Gasteiger charge is 2.29. The van der Waals surface area contributed by atoms with Crippen molar-refractivity contribution in [2.75, 3.05) is 6.54 Å². The minimum absolute atomic E-state index is 0.463. The van der Waals surface area contributed by atoms with E-state index in [9.17, 15) is 0 Å². The largest absolute Gasteiger partial charge is 0.314 e. The molecule has 0 aliphatic heterocycles. The maximum atomic E-state index is 3.68. The van der Waals surface area contributed by atoms with Crippen LogP contribution in [0.3, 0.4) is 0 Å². The van der Waals surface area contributed by atoms with Gasteiger partial charge >= 0.3 is 0 Å². The standard InChI is InChI=1S/C17H37N/c1-8-10-11-17(9-2,14-18-15(3)4)13-12-16(5,6)7/h15,18H,8-14H2,1-7H3. The van der Waals surface area contributed by atoms with Gasteiger partial charge in [-0.3, -0.25) is 0 Å². The highest BCUT2D eigenvalue weighted by molar-refractivity contribution is 4.83. The molecule has 0 aliphatic rings. The lowest BCUT2D eigenvalue weighted by atomic mass is 9.72. The molecular formula is C17H37N. The quantitative estimate of drug-likeness (QED) is 0.582. The normalized spacial score (nSPS) is 16.0. The van der Waals surface area contributed by atoms with E-state index in [1.165, 1.54) is 45.1 Å². The summed E-state index contributed by atoms with van der Waals surface area (Å²) in [5, 5.41) is 3.68. The molecule has 0 aromatic heterocycles. The van der Waals surface area contributed by atoms with Crippen LogP contribution in [0.5, 0.6) is 0 Å². The SMILES string of the molecule is CCCCC(CC)(CCC(C)(C)C)CNC(C)C. The van der Waals surface area contributed by atoms with Crippen molar-refractivity contribution in [2.24, 2.45) is 10.8 Å². The summed E-state index contributed by atoms with van der Waals surface area (Å²) < 4.78 is 0. The van der Waals surface area contributed by atoms with Gasteiger partial charge in [0.25, 0.3) is 0 Å². The Morgan fingerprint density at radius 2 is 1.56 bits per heavy atom. The predicted molar refractivity (Wildman–Crippen MR) is 84.1 cm³/mol. The predicted octanol–water partition coefficient (Wildman–Crippen LogP) is 5.40. The molecule has 110 valence electrons. The zero-order valence-electron chi connectivity index (χ0n) is 14.0. The lowest BCUT2D eigenvalue weighted by Crippen LogP contribution is -2.38. The van der Waals surface area contributed by atoms with Gasteiger partial charge < -0.3 is 5.32 Å². The van der Waals surface area contributed by atoms with E-state index in [2.05, 4.69) is 53.8 Å². The number of unbranched alkanes of at least 4 members (excludes halogenated alkanes) is 1. The summed E-state index contributed by atoms with van der Waals surface area (Å²) >= 11 is 0. The smallest absolute Gasteiger partial charge is 0.00106 e. The second-order valence-corrected chi connectivity index (χ2v) is 7.55. The van der Waals surface area contributed by atoms with Crippen LogP contribution in [0.15, 0.2) is 0 Å². The first kappa shape index (κ1) is 18.0. The summed E-state index contributed by atoms with van der Waals surface area (Å²) in [6.07, 6.45) is 8.09. The van der Waals surface area contributed by atoms with Crippen molar-refractivity contribution >= 4 is 0 Å². The second kappa shape index (κ2) is 8.19. The van der Waals surface area contributed by atoms with Crippen molar-refractivity contribution in [1.82, 2.24) is 5.32 Å². The monoisotopic (exact) mass is 255 g/mol. The topological polar surface area (TPSA) is 12.0 Å². The molecular weight excluding hydrogens is 218 g/mol. The fourth-order valence-corrected chi connectivity index (χ4v) is 2.39. The van der Waals surface area contributed by atoms with Crippen LogP contribution in [0, 0.1) is 10.8 Å². The molecule has 1 heteroatoms. The molecule has 0 radical (unpaired) electrons. The Labute approximate surface area is 116 Å². The molecule has 0 aromatic rings. The van der Waals surface area contributed by atoms with E-state index in [1.54, 1.807) is 0 Å². The van der Waals surface area contributed by atoms with Crippen LogP contribution in [-0.2, 0) is 0 Å². The van der Waals surface area contributed by atoms with Crippen LogP contribution >= 0.6 is 0 Å². The summed E-state index contributed by atoms with van der Waals surface area (Å²) in [4.78, 5) is 0. The van der Waals surface area contributed by atoms with E-state index in [4.69, 9.17) is 0 Å². The van der Waals surface area contributed by atoms with E-state index in [0.717, 1.165) is 0 Å².